The minimum absolute atomic E-state index is 0.100. The van der Waals surface area contributed by atoms with E-state index in [1.165, 1.54) is 64.8 Å². The SMILES string of the molecule is COC(=O)c1cc(C(=O)OC)cc(-c2cc(C(=O)OC)cc(C(=O)OC)c2)c1. The Morgan fingerprint density at radius 3 is 0.857 bits per heavy atom. The third-order valence-corrected chi connectivity index (χ3v) is 3.88. The first-order valence-corrected chi connectivity index (χ1v) is 7.98. The fraction of sp³-hybridized carbons (Fsp3) is 0.200. The van der Waals surface area contributed by atoms with E-state index in [1.807, 2.05) is 0 Å². The fourth-order valence-corrected chi connectivity index (χ4v) is 2.53. The molecule has 0 bridgehead atoms. The molecule has 0 aliphatic rings. The highest BCUT2D eigenvalue weighted by atomic mass is 16.5. The molecular weight excluding hydrogens is 368 g/mol. The molecule has 0 fully saturated rings. The molecule has 0 saturated carbocycles. The van der Waals surface area contributed by atoms with E-state index in [0.717, 1.165) is 0 Å². The first-order chi connectivity index (χ1) is 13.3. The highest BCUT2D eigenvalue weighted by Crippen LogP contribution is 2.27. The number of benzene rings is 2. The molecule has 2 aromatic rings. The minimum Gasteiger partial charge on any atom is -0.465 e. The van der Waals surface area contributed by atoms with Crippen molar-refractivity contribution in [3.8, 4) is 11.1 Å². The monoisotopic (exact) mass is 386 g/mol. The zero-order chi connectivity index (χ0) is 20.8. The second kappa shape index (κ2) is 8.81. The predicted octanol–water partition coefficient (Wildman–Crippen LogP) is 2.50. The van der Waals surface area contributed by atoms with Crippen LogP contribution in [0.3, 0.4) is 0 Å². The number of ether oxygens (including phenoxy) is 4. The molecule has 0 aromatic heterocycles. The maximum Gasteiger partial charge on any atom is 0.337 e. The van der Waals surface area contributed by atoms with Crippen molar-refractivity contribution in [3.63, 3.8) is 0 Å². The van der Waals surface area contributed by atoms with Crippen molar-refractivity contribution in [2.75, 3.05) is 28.4 Å². The van der Waals surface area contributed by atoms with Gasteiger partial charge in [-0.25, -0.2) is 19.2 Å². The lowest BCUT2D eigenvalue weighted by molar-refractivity contribution is 0.0581. The van der Waals surface area contributed by atoms with Crippen LogP contribution in [0.5, 0.6) is 0 Å². The van der Waals surface area contributed by atoms with Crippen LogP contribution in [0.25, 0.3) is 11.1 Å². The normalized spacial score (nSPS) is 10.0. The molecule has 0 atom stereocenters. The zero-order valence-electron chi connectivity index (χ0n) is 15.7. The van der Waals surface area contributed by atoms with E-state index in [4.69, 9.17) is 18.9 Å². The third-order valence-electron chi connectivity index (χ3n) is 3.88. The maximum atomic E-state index is 12.0. The van der Waals surface area contributed by atoms with E-state index in [0.29, 0.717) is 11.1 Å². The number of hydrogen-bond donors (Lipinski definition) is 0. The van der Waals surface area contributed by atoms with Crippen LogP contribution < -0.4 is 0 Å². The molecule has 2 aromatic carbocycles. The smallest absolute Gasteiger partial charge is 0.337 e. The highest BCUT2D eigenvalue weighted by Gasteiger charge is 2.18. The van der Waals surface area contributed by atoms with E-state index in [2.05, 4.69) is 0 Å². The van der Waals surface area contributed by atoms with Gasteiger partial charge in [-0.15, -0.1) is 0 Å². The zero-order valence-corrected chi connectivity index (χ0v) is 15.7. The Morgan fingerprint density at radius 1 is 0.464 bits per heavy atom. The lowest BCUT2D eigenvalue weighted by Gasteiger charge is -2.11. The lowest BCUT2D eigenvalue weighted by Crippen LogP contribution is -2.09. The van der Waals surface area contributed by atoms with Crippen molar-refractivity contribution in [2.45, 2.75) is 0 Å². The Hall–Kier alpha value is -3.68. The van der Waals surface area contributed by atoms with E-state index in [1.54, 1.807) is 0 Å². The van der Waals surface area contributed by atoms with Crippen molar-refractivity contribution in [1.82, 2.24) is 0 Å². The Balaban J connectivity index is 2.74. The van der Waals surface area contributed by atoms with E-state index >= 15 is 0 Å². The van der Waals surface area contributed by atoms with Crippen molar-refractivity contribution in [3.05, 3.63) is 58.7 Å². The molecule has 146 valence electrons. The van der Waals surface area contributed by atoms with Gasteiger partial charge in [-0.1, -0.05) is 0 Å². The summed E-state index contributed by atoms with van der Waals surface area (Å²) in [5.41, 5.74) is 1.18. The van der Waals surface area contributed by atoms with Gasteiger partial charge in [0.25, 0.3) is 0 Å². The molecule has 0 spiro atoms. The van der Waals surface area contributed by atoms with Gasteiger partial charge in [0.1, 0.15) is 0 Å². The van der Waals surface area contributed by atoms with Crippen LogP contribution in [0.15, 0.2) is 36.4 Å². The second-order valence-corrected chi connectivity index (χ2v) is 5.56. The molecule has 2 rings (SSSR count). The number of esters is 4. The first kappa shape index (κ1) is 20.6. The van der Waals surface area contributed by atoms with Crippen LogP contribution in [-0.2, 0) is 18.9 Å². The van der Waals surface area contributed by atoms with Crippen LogP contribution in [0.2, 0.25) is 0 Å². The summed E-state index contributed by atoms with van der Waals surface area (Å²) in [6, 6.07) is 8.52. The predicted molar refractivity (Wildman–Crippen MR) is 97.2 cm³/mol. The van der Waals surface area contributed by atoms with Crippen molar-refractivity contribution >= 4 is 23.9 Å². The largest absolute Gasteiger partial charge is 0.465 e. The first-order valence-electron chi connectivity index (χ1n) is 7.98. The molecule has 0 unspecified atom stereocenters. The van der Waals surface area contributed by atoms with E-state index < -0.39 is 23.9 Å². The van der Waals surface area contributed by atoms with Gasteiger partial charge in [-0.05, 0) is 47.5 Å². The molecule has 0 heterocycles. The van der Waals surface area contributed by atoms with Crippen LogP contribution in [0.4, 0.5) is 0 Å². The van der Waals surface area contributed by atoms with Gasteiger partial charge in [0.15, 0.2) is 0 Å². The number of rotatable bonds is 5. The molecular formula is C20H18O8. The molecule has 8 heteroatoms. The highest BCUT2D eigenvalue weighted by molar-refractivity contribution is 6.00. The van der Waals surface area contributed by atoms with Crippen molar-refractivity contribution in [2.24, 2.45) is 0 Å². The van der Waals surface area contributed by atoms with Crippen molar-refractivity contribution < 1.29 is 38.1 Å². The Bertz CT molecular complexity index is 799. The minimum atomic E-state index is -0.663. The summed E-state index contributed by atoms with van der Waals surface area (Å²) in [7, 11) is 4.83. The third kappa shape index (κ3) is 4.35. The van der Waals surface area contributed by atoms with E-state index in [9.17, 15) is 19.2 Å². The molecule has 28 heavy (non-hydrogen) atoms. The average Bonchev–Trinajstić information content (AvgIpc) is 2.75. The van der Waals surface area contributed by atoms with Crippen LogP contribution in [0, 0.1) is 0 Å². The number of carbonyl (C=O) groups excluding carboxylic acids is 4. The number of methoxy groups -OCH3 is 4. The summed E-state index contributed by atoms with van der Waals surface area (Å²) in [6.07, 6.45) is 0. The lowest BCUT2D eigenvalue weighted by atomic mass is 9.96. The Kier molecular flexibility index (Phi) is 6.49. The van der Waals surface area contributed by atoms with Gasteiger partial charge in [-0.2, -0.15) is 0 Å². The standard InChI is InChI=1S/C20H18O8/c1-25-17(21)13-5-11(6-14(9-13)18(22)26-2)12-7-15(19(23)27-3)10-16(8-12)20(24)28-4/h5-10H,1-4H3. The van der Waals surface area contributed by atoms with Crippen LogP contribution >= 0.6 is 0 Å². The van der Waals surface area contributed by atoms with Gasteiger partial charge >= 0.3 is 23.9 Å². The summed E-state index contributed by atoms with van der Waals surface area (Å²) in [6.45, 7) is 0. The van der Waals surface area contributed by atoms with Crippen LogP contribution in [0.1, 0.15) is 41.4 Å². The summed E-state index contributed by atoms with van der Waals surface area (Å²) in [4.78, 5) is 47.9. The molecule has 0 aliphatic heterocycles. The Morgan fingerprint density at radius 2 is 0.679 bits per heavy atom. The van der Waals surface area contributed by atoms with Gasteiger partial charge < -0.3 is 18.9 Å². The maximum absolute atomic E-state index is 12.0. The summed E-state index contributed by atoms with van der Waals surface area (Å²) < 4.78 is 18.9. The summed E-state index contributed by atoms with van der Waals surface area (Å²) >= 11 is 0. The van der Waals surface area contributed by atoms with Gasteiger partial charge in [-0.3, -0.25) is 0 Å². The summed E-state index contributed by atoms with van der Waals surface area (Å²) in [5, 5.41) is 0. The van der Waals surface area contributed by atoms with Crippen LogP contribution in [-0.4, -0.2) is 52.3 Å². The Labute approximate surface area is 161 Å². The molecule has 0 amide bonds. The van der Waals surface area contributed by atoms with Gasteiger partial charge in [0.05, 0.1) is 50.7 Å². The number of carbonyl (C=O) groups is 4. The topological polar surface area (TPSA) is 105 Å². The second-order valence-electron chi connectivity index (χ2n) is 5.56. The van der Waals surface area contributed by atoms with Crippen molar-refractivity contribution in [1.29, 1.82) is 0 Å². The van der Waals surface area contributed by atoms with Gasteiger partial charge in [0, 0.05) is 0 Å². The fourth-order valence-electron chi connectivity index (χ4n) is 2.53. The molecule has 0 radical (unpaired) electrons. The van der Waals surface area contributed by atoms with Gasteiger partial charge in [0.2, 0.25) is 0 Å². The summed E-state index contributed by atoms with van der Waals surface area (Å²) in [5.74, 6) is -2.65. The molecule has 0 saturated heterocycles. The number of hydrogen-bond acceptors (Lipinski definition) is 8. The molecule has 8 nitrogen and oxygen atoms in total. The molecule has 0 aliphatic carbocycles. The van der Waals surface area contributed by atoms with E-state index in [-0.39, 0.29) is 22.3 Å². The average molecular weight is 386 g/mol. The quantitative estimate of drug-likeness (QED) is 0.570. The molecule has 0 N–H and O–H groups in total.